The van der Waals surface area contributed by atoms with Gasteiger partial charge in [0, 0.05) is 26.2 Å². The van der Waals surface area contributed by atoms with Crippen molar-refractivity contribution in [1.82, 2.24) is 13.3 Å². The van der Waals surface area contributed by atoms with E-state index in [4.69, 9.17) is 0 Å². The molecule has 1 fully saturated rings. The van der Waals surface area contributed by atoms with Gasteiger partial charge in [0.1, 0.15) is 0 Å². The number of hydrogen-bond acceptors (Lipinski definition) is 7. The second kappa shape index (κ2) is 7.70. The van der Waals surface area contributed by atoms with Gasteiger partial charge in [0.05, 0.1) is 0 Å². The van der Waals surface area contributed by atoms with E-state index in [2.05, 4.69) is 0 Å². The zero-order chi connectivity index (χ0) is 23.3. The van der Waals surface area contributed by atoms with E-state index in [-0.39, 0.29) is 17.4 Å². The highest BCUT2D eigenvalue weighted by molar-refractivity contribution is 8.05. The standard InChI is InChI=1S/C9H13F8N3O6S3/c1-19-2-4-20(5-3-19)29(25,26)8(13,14)7(11,12)6(10)27(21,22)18-28(23,24)9(15,16)17/h6,18H,2-5H2,1H3. The average Bonchev–Trinajstić information content (AvgIpc) is 2.52. The Morgan fingerprint density at radius 3 is 1.62 bits per heavy atom. The maximum atomic E-state index is 14.0. The molecule has 0 aromatic heterocycles. The minimum absolute atomic E-state index is 0.180. The number of halogens is 8. The number of alkyl halides is 8. The smallest absolute Gasteiger partial charge is 0.304 e. The van der Waals surface area contributed by atoms with Crippen LogP contribution in [0.25, 0.3) is 0 Å². The molecule has 1 atom stereocenters. The fourth-order valence-corrected chi connectivity index (χ4v) is 5.90. The summed E-state index contributed by atoms with van der Waals surface area (Å²) in [4.78, 5) is 1.41. The van der Waals surface area contributed by atoms with Crippen LogP contribution in [-0.2, 0) is 30.1 Å². The molecule has 1 rings (SSSR count). The maximum Gasteiger partial charge on any atom is 0.512 e. The Morgan fingerprint density at radius 1 is 0.828 bits per heavy atom. The van der Waals surface area contributed by atoms with Gasteiger partial charge in [0.25, 0.3) is 25.6 Å². The molecule has 9 nitrogen and oxygen atoms in total. The summed E-state index contributed by atoms with van der Waals surface area (Å²) in [7, 11) is -19.0. The molecule has 0 spiro atoms. The van der Waals surface area contributed by atoms with E-state index in [1.165, 1.54) is 11.9 Å². The molecule has 1 N–H and O–H groups in total. The van der Waals surface area contributed by atoms with Crippen LogP contribution < -0.4 is 4.13 Å². The monoisotopic (exact) mass is 507 g/mol. The van der Waals surface area contributed by atoms with Crippen LogP contribution in [-0.4, -0.2) is 89.9 Å². The predicted molar refractivity (Wildman–Crippen MR) is 79.8 cm³/mol. The summed E-state index contributed by atoms with van der Waals surface area (Å²) in [6.45, 7) is -1.92. The summed E-state index contributed by atoms with van der Waals surface area (Å²) in [6, 6.07) is 0. The zero-order valence-electron chi connectivity index (χ0n) is 14.0. The van der Waals surface area contributed by atoms with Crippen molar-refractivity contribution in [2.75, 3.05) is 33.2 Å². The van der Waals surface area contributed by atoms with E-state index in [1.807, 2.05) is 0 Å². The molecule has 0 radical (unpaired) electrons. The van der Waals surface area contributed by atoms with Crippen molar-refractivity contribution in [1.29, 1.82) is 0 Å². The van der Waals surface area contributed by atoms with Crippen LogP contribution in [0.4, 0.5) is 35.1 Å². The Balaban J connectivity index is 3.30. The summed E-state index contributed by atoms with van der Waals surface area (Å²) in [6.07, 6.45) is 0. The van der Waals surface area contributed by atoms with E-state index >= 15 is 0 Å². The number of likely N-dealkylation sites (N-methyl/N-ethyl adjacent to an activating group) is 1. The van der Waals surface area contributed by atoms with Gasteiger partial charge in [-0.25, -0.2) is 29.6 Å². The van der Waals surface area contributed by atoms with Crippen LogP contribution in [0.1, 0.15) is 0 Å². The molecule has 29 heavy (non-hydrogen) atoms. The van der Waals surface area contributed by atoms with Crippen LogP contribution in [0.15, 0.2) is 0 Å². The highest BCUT2D eigenvalue weighted by Crippen LogP contribution is 2.45. The average molecular weight is 507 g/mol. The summed E-state index contributed by atoms with van der Waals surface area (Å²) in [5.74, 6) is -6.66. The number of nitrogens with one attached hydrogen (secondary N) is 1. The Morgan fingerprint density at radius 2 is 1.24 bits per heavy atom. The molecule has 1 heterocycles. The van der Waals surface area contributed by atoms with E-state index < -0.39 is 69.5 Å². The number of nitrogens with zero attached hydrogens (tertiary/aromatic N) is 2. The van der Waals surface area contributed by atoms with Crippen LogP contribution in [0.2, 0.25) is 0 Å². The zero-order valence-corrected chi connectivity index (χ0v) is 16.4. The van der Waals surface area contributed by atoms with E-state index in [1.54, 1.807) is 0 Å². The number of hydrogen-bond donors (Lipinski definition) is 1. The summed E-state index contributed by atoms with van der Waals surface area (Å²) >= 11 is 0. The van der Waals surface area contributed by atoms with Gasteiger partial charge in [-0.3, -0.25) is 0 Å². The molecule has 0 bridgehead atoms. The molecule has 20 heteroatoms. The Bertz CT molecular complexity index is 925. The van der Waals surface area contributed by atoms with Gasteiger partial charge in [-0.1, -0.05) is 4.13 Å². The molecule has 1 aliphatic heterocycles. The van der Waals surface area contributed by atoms with Crippen LogP contribution in [0, 0.1) is 0 Å². The molecule has 0 aromatic rings. The van der Waals surface area contributed by atoms with Crippen molar-refractivity contribution in [3.63, 3.8) is 0 Å². The van der Waals surface area contributed by atoms with Crippen molar-refractivity contribution in [3.8, 4) is 0 Å². The molecule has 1 unspecified atom stereocenters. The molecule has 1 saturated heterocycles. The van der Waals surface area contributed by atoms with Gasteiger partial charge in [0.2, 0.25) is 0 Å². The first-order valence-electron chi connectivity index (χ1n) is 7.03. The fourth-order valence-electron chi connectivity index (χ4n) is 1.93. The van der Waals surface area contributed by atoms with Crippen LogP contribution >= 0.6 is 0 Å². The Kier molecular flexibility index (Phi) is 6.95. The lowest BCUT2D eigenvalue weighted by atomic mass is 10.4. The molecule has 174 valence electrons. The lowest BCUT2D eigenvalue weighted by Gasteiger charge is -2.36. The second-order valence-corrected chi connectivity index (χ2v) is 11.4. The highest BCUT2D eigenvalue weighted by Gasteiger charge is 2.74. The van der Waals surface area contributed by atoms with Crippen LogP contribution in [0.3, 0.4) is 0 Å². The molecule has 0 aliphatic carbocycles. The highest BCUT2D eigenvalue weighted by atomic mass is 32.3. The molecule has 0 aromatic carbocycles. The Labute approximate surface area is 159 Å². The largest absolute Gasteiger partial charge is 0.512 e. The van der Waals surface area contributed by atoms with E-state index in [0.29, 0.717) is 0 Å². The van der Waals surface area contributed by atoms with E-state index in [0.717, 1.165) is 0 Å². The van der Waals surface area contributed by atoms with E-state index in [9.17, 15) is 60.4 Å². The first-order valence-corrected chi connectivity index (χ1v) is 11.5. The molecular weight excluding hydrogens is 494 g/mol. The summed E-state index contributed by atoms with van der Waals surface area (Å²) in [5.41, 5.74) is -11.8. The van der Waals surface area contributed by atoms with Crippen molar-refractivity contribution in [2.45, 2.75) is 22.2 Å². The third kappa shape index (κ3) is 4.75. The van der Waals surface area contributed by atoms with Crippen molar-refractivity contribution in [2.24, 2.45) is 0 Å². The third-order valence-corrected chi connectivity index (χ3v) is 8.82. The summed E-state index contributed by atoms with van der Waals surface area (Å²) in [5, 5.41) is -6.45. The lowest BCUT2D eigenvalue weighted by Crippen LogP contribution is -2.62. The first-order chi connectivity index (χ1) is 12.6. The van der Waals surface area contributed by atoms with Crippen molar-refractivity contribution < 1.29 is 60.4 Å². The lowest BCUT2D eigenvalue weighted by molar-refractivity contribution is -0.178. The van der Waals surface area contributed by atoms with Crippen molar-refractivity contribution >= 4 is 30.1 Å². The van der Waals surface area contributed by atoms with Gasteiger partial charge in [-0.2, -0.15) is 35.0 Å². The molecule has 0 amide bonds. The van der Waals surface area contributed by atoms with Gasteiger partial charge in [-0.15, -0.1) is 0 Å². The van der Waals surface area contributed by atoms with Crippen molar-refractivity contribution in [3.05, 3.63) is 0 Å². The maximum absolute atomic E-state index is 14.0. The molecule has 1 aliphatic rings. The second-order valence-electron chi connectivity index (χ2n) is 5.74. The Hall–Kier alpha value is -0.830. The summed E-state index contributed by atoms with van der Waals surface area (Å²) < 4.78 is 173. The SMILES string of the molecule is CN1CCN(S(=O)(=O)C(F)(F)C(F)(F)C(F)S(=O)(=O)NS(=O)(=O)C(F)(F)F)CC1. The topological polar surface area (TPSA) is 121 Å². The number of sulfonamides is 3. The number of rotatable bonds is 7. The predicted octanol–water partition coefficient (Wildman–Crippen LogP) is -0.144. The number of piperazine rings is 1. The van der Waals surface area contributed by atoms with Gasteiger partial charge < -0.3 is 4.90 Å². The normalized spacial score (nSPS) is 20.6. The van der Waals surface area contributed by atoms with Gasteiger partial charge in [-0.05, 0) is 7.05 Å². The third-order valence-electron chi connectivity index (χ3n) is 3.60. The minimum atomic E-state index is -6.99. The van der Waals surface area contributed by atoms with Crippen LogP contribution in [0.5, 0.6) is 0 Å². The quantitative estimate of drug-likeness (QED) is 0.476. The first kappa shape index (κ1) is 26.2. The molecular formula is C9H13F8N3O6S3. The fraction of sp³-hybridized carbons (Fsp3) is 1.00. The van der Waals surface area contributed by atoms with Gasteiger partial charge >= 0.3 is 26.7 Å². The molecule has 0 saturated carbocycles. The minimum Gasteiger partial charge on any atom is -0.304 e. The van der Waals surface area contributed by atoms with Gasteiger partial charge in [0.15, 0.2) is 0 Å².